The van der Waals surface area contributed by atoms with E-state index in [0.29, 0.717) is 11.5 Å². The lowest BCUT2D eigenvalue weighted by Gasteiger charge is -2.60. The van der Waals surface area contributed by atoms with Crippen LogP contribution in [0.15, 0.2) is 0 Å². The molecule has 0 radical (unpaired) electrons. The predicted octanol–water partition coefficient (Wildman–Crippen LogP) is 2.48. The van der Waals surface area contributed by atoms with Gasteiger partial charge in [-0.05, 0) is 88.8 Å². The van der Waals surface area contributed by atoms with Crippen molar-refractivity contribution in [2.24, 2.45) is 28.9 Å². The minimum absolute atomic E-state index is 0.525. The lowest BCUT2D eigenvalue weighted by Crippen LogP contribution is -2.59. The largest absolute Gasteiger partial charge is 0.327 e. The molecule has 2 N–H and O–H groups in total. The van der Waals surface area contributed by atoms with E-state index in [1.54, 1.807) is 0 Å². The fourth-order valence-corrected chi connectivity index (χ4v) is 5.37. The highest BCUT2D eigenvalue weighted by molar-refractivity contribution is 5.08. The molecule has 0 aliphatic heterocycles. The van der Waals surface area contributed by atoms with E-state index in [4.69, 9.17) is 5.73 Å². The second-order valence-electron chi connectivity index (χ2n) is 7.40. The molecule has 2 unspecified atom stereocenters. The molecule has 4 saturated carbocycles. The lowest BCUT2D eigenvalue weighted by atomic mass is 9.46. The molecule has 98 valence electrons. The molecule has 4 fully saturated rings. The monoisotopic (exact) mass is 236 g/mol. The molecule has 0 amide bonds. The molecule has 0 saturated heterocycles. The highest BCUT2D eigenvalue weighted by Crippen LogP contribution is 2.60. The molecular weight excluding hydrogens is 208 g/mol. The van der Waals surface area contributed by atoms with Crippen LogP contribution >= 0.6 is 0 Å². The molecular formula is C15H28N2. The molecule has 4 aliphatic rings. The molecule has 17 heavy (non-hydrogen) atoms. The maximum atomic E-state index is 6.61. The van der Waals surface area contributed by atoms with Gasteiger partial charge >= 0.3 is 0 Å². The van der Waals surface area contributed by atoms with Gasteiger partial charge in [0, 0.05) is 6.04 Å². The van der Waals surface area contributed by atoms with E-state index in [-0.39, 0.29) is 0 Å². The standard InChI is InChI=1S/C15H28N2/c1-17(2)5-3-4-15-9-11-6-12(10-15)8-13(7-11)14(15)16/h11-14H,3-10,16H2,1-2H3/t11-,12+,13?,14-,15?/m0/s1. The minimum Gasteiger partial charge on any atom is -0.327 e. The Bertz CT molecular complexity index is 273. The first-order valence-corrected chi connectivity index (χ1v) is 7.49. The molecule has 0 aromatic rings. The van der Waals surface area contributed by atoms with E-state index in [1.165, 1.54) is 51.5 Å². The van der Waals surface area contributed by atoms with Gasteiger partial charge in [0.25, 0.3) is 0 Å². The van der Waals surface area contributed by atoms with Crippen LogP contribution in [0.3, 0.4) is 0 Å². The maximum Gasteiger partial charge on any atom is 0.0124 e. The molecule has 2 heteroatoms. The zero-order valence-electron chi connectivity index (χ0n) is 11.5. The summed E-state index contributed by atoms with van der Waals surface area (Å²) in [5.41, 5.74) is 7.15. The topological polar surface area (TPSA) is 29.3 Å². The van der Waals surface area contributed by atoms with Crippen molar-refractivity contribution < 1.29 is 0 Å². The normalized spacial score (nSPS) is 48.0. The van der Waals surface area contributed by atoms with Crippen LogP contribution in [0.1, 0.15) is 44.9 Å². The Balaban J connectivity index is 1.68. The first kappa shape index (κ1) is 12.0. The summed E-state index contributed by atoms with van der Waals surface area (Å²) >= 11 is 0. The number of hydrogen-bond acceptors (Lipinski definition) is 2. The molecule has 4 aliphatic carbocycles. The zero-order valence-corrected chi connectivity index (χ0v) is 11.5. The maximum absolute atomic E-state index is 6.61. The average Bonchev–Trinajstić information content (AvgIpc) is 2.24. The first-order valence-electron chi connectivity index (χ1n) is 7.49. The van der Waals surface area contributed by atoms with Crippen molar-refractivity contribution in [2.45, 2.75) is 51.0 Å². The van der Waals surface area contributed by atoms with Gasteiger partial charge in [-0.15, -0.1) is 0 Å². The van der Waals surface area contributed by atoms with Gasteiger partial charge in [0.2, 0.25) is 0 Å². The van der Waals surface area contributed by atoms with Crippen molar-refractivity contribution >= 4 is 0 Å². The van der Waals surface area contributed by atoms with Gasteiger partial charge in [0.15, 0.2) is 0 Å². The average molecular weight is 236 g/mol. The summed E-state index contributed by atoms with van der Waals surface area (Å²) < 4.78 is 0. The molecule has 0 spiro atoms. The minimum atomic E-state index is 0.525. The molecule has 0 aromatic carbocycles. The number of rotatable bonds is 4. The van der Waals surface area contributed by atoms with Gasteiger partial charge in [0.1, 0.15) is 0 Å². The smallest absolute Gasteiger partial charge is 0.0124 e. The quantitative estimate of drug-likeness (QED) is 0.812. The second kappa shape index (κ2) is 4.24. The summed E-state index contributed by atoms with van der Waals surface area (Å²) in [6, 6.07) is 0.525. The predicted molar refractivity (Wildman–Crippen MR) is 71.8 cm³/mol. The molecule has 0 aromatic heterocycles. The van der Waals surface area contributed by atoms with Crippen LogP contribution in [0, 0.1) is 23.2 Å². The van der Waals surface area contributed by atoms with Crippen LogP contribution in [-0.4, -0.2) is 31.6 Å². The second-order valence-corrected chi connectivity index (χ2v) is 7.40. The zero-order chi connectivity index (χ0) is 12.0. The fraction of sp³-hybridized carbons (Fsp3) is 1.00. The Morgan fingerprint density at radius 3 is 2.35 bits per heavy atom. The van der Waals surface area contributed by atoms with Crippen LogP contribution in [0.4, 0.5) is 0 Å². The van der Waals surface area contributed by atoms with Gasteiger partial charge < -0.3 is 10.6 Å². The van der Waals surface area contributed by atoms with Crippen molar-refractivity contribution in [1.82, 2.24) is 4.90 Å². The van der Waals surface area contributed by atoms with Crippen LogP contribution in [0.2, 0.25) is 0 Å². The summed E-state index contributed by atoms with van der Waals surface area (Å²) in [7, 11) is 4.36. The summed E-state index contributed by atoms with van der Waals surface area (Å²) in [5.74, 6) is 2.94. The van der Waals surface area contributed by atoms with E-state index in [0.717, 1.165) is 17.8 Å². The van der Waals surface area contributed by atoms with Crippen molar-refractivity contribution in [3.8, 4) is 0 Å². The van der Waals surface area contributed by atoms with Gasteiger partial charge in [-0.1, -0.05) is 0 Å². The molecule has 2 nitrogen and oxygen atoms in total. The van der Waals surface area contributed by atoms with Crippen molar-refractivity contribution in [3.05, 3.63) is 0 Å². The first-order chi connectivity index (χ1) is 8.09. The number of hydrogen-bond donors (Lipinski definition) is 1. The summed E-state index contributed by atoms with van der Waals surface area (Å²) in [6.07, 6.45) is 10.1. The lowest BCUT2D eigenvalue weighted by molar-refractivity contribution is -0.0776. The van der Waals surface area contributed by atoms with Crippen molar-refractivity contribution in [3.63, 3.8) is 0 Å². The van der Waals surface area contributed by atoms with Crippen molar-refractivity contribution in [2.75, 3.05) is 20.6 Å². The molecule has 4 rings (SSSR count). The summed E-state index contributed by atoms with van der Waals surface area (Å²) in [4.78, 5) is 2.31. The third kappa shape index (κ3) is 2.04. The highest BCUT2D eigenvalue weighted by Gasteiger charge is 2.55. The SMILES string of the molecule is CN(C)CCCC12C[C@@H]3CC(C[C@@H](C3)C1)[C@@H]2N. The fourth-order valence-electron chi connectivity index (χ4n) is 5.37. The number of nitrogens with zero attached hydrogens (tertiary/aromatic N) is 1. The van der Waals surface area contributed by atoms with Gasteiger partial charge in [-0.3, -0.25) is 0 Å². The van der Waals surface area contributed by atoms with E-state index >= 15 is 0 Å². The molecule has 0 heterocycles. The third-order valence-electron chi connectivity index (χ3n) is 5.82. The van der Waals surface area contributed by atoms with Crippen LogP contribution in [-0.2, 0) is 0 Å². The van der Waals surface area contributed by atoms with Gasteiger partial charge in [0.05, 0.1) is 0 Å². The van der Waals surface area contributed by atoms with E-state index in [2.05, 4.69) is 19.0 Å². The Morgan fingerprint density at radius 2 is 1.76 bits per heavy atom. The van der Waals surface area contributed by atoms with Crippen LogP contribution in [0.5, 0.6) is 0 Å². The van der Waals surface area contributed by atoms with E-state index in [9.17, 15) is 0 Å². The number of nitrogens with two attached hydrogens (primary N) is 1. The Labute approximate surface area is 106 Å². The Hall–Kier alpha value is -0.0800. The summed E-state index contributed by atoms with van der Waals surface area (Å²) in [6.45, 7) is 1.23. The van der Waals surface area contributed by atoms with E-state index in [1.807, 2.05) is 0 Å². The Kier molecular flexibility index (Phi) is 2.99. The molecule has 4 bridgehead atoms. The van der Waals surface area contributed by atoms with Crippen molar-refractivity contribution in [1.29, 1.82) is 0 Å². The van der Waals surface area contributed by atoms with Gasteiger partial charge in [-0.25, -0.2) is 0 Å². The molecule has 5 atom stereocenters. The highest BCUT2D eigenvalue weighted by atomic mass is 15.0. The van der Waals surface area contributed by atoms with Crippen LogP contribution < -0.4 is 5.73 Å². The Morgan fingerprint density at radius 1 is 1.12 bits per heavy atom. The van der Waals surface area contributed by atoms with E-state index < -0.39 is 0 Å². The van der Waals surface area contributed by atoms with Crippen LogP contribution in [0.25, 0.3) is 0 Å². The third-order valence-corrected chi connectivity index (χ3v) is 5.82. The summed E-state index contributed by atoms with van der Waals surface area (Å²) in [5, 5.41) is 0. The van der Waals surface area contributed by atoms with Gasteiger partial charge in [-0.2, -0.15) is 0 Å².